The highest BCUT2D eigenvalue weighted by molar-refractivity contribution is 5.67. The van der Waals surface area contributed by atoms with Crippen molar-refractivity contribution in [2.24, 2.45) is 0 Å². The third-order valence-electron chi connectivity index (χ3n) is 3.54. The van der Waals surface area contributed by atoms with E-state index in [0.717, 1.165) is 6.07 Å². The summed E-state index contributed by atoms with van der Waals surface area (Å²) in [6.45, 7) is 0. The SMILES string of the molecule is CNc1cc(C(F)(F)F)nn1C1CCC(NC(=O)OC)C1. The van der Waals surface area contributed by atoms with Crippen LogP contribution in [0, 0.1) is 0 Å². The van der Waals surface area contributed by atoms with Crippen LogP contribution >= 0.6 is 0 Å². The van der Waals surface area contributed by atoms with Crippen molar-refractivity contribution in [1.29, 1.82) is 0 Å². The lowest BCUT2D eigenvalue weighted by Gasteiger charge is -2.15. The van der Waals surface area contributed by atoms with Crippen LogP contribution < -0.4 is 10.6 Å². The van der Waals surface area contributed by atoms with Crippen molar-refractivity contribution in [2.75, 3.05) is 19.5 Å². The topological polar surface area (TPSA) is 68.2 Å². The zero-order chi connectivity index (χ0) is 15.6. The summed E-state index contributed by atoms with van der Waals surface area (Å²) in [5.74, 6) is 0.311. The van der Waals surface area contributed by atoms with Gasteiger partial charge in [-0.15, -0.1) is 0 Å². The molecule has 1 amide bonds. The molecule has 1 aromatic rings. The molecule has 2 N–H and O–H groups in total. The number of hydrogen-bond donors (Lipinski definition) is 2. The van der Waals surface area contributed by atoms with Gasteiger partial charge in [0.1, 0.15) is 5.82 Å². The first kappa shape index (κ1) is 15.5. The Morgan fingerprint density at radius 3 is 2.76 bits per heavy atom. The van der Waals surface area contributed by atoms with Crippen LogP contribution in [0.5, 0.6) is 0 Å². The summed E-state index contributed by atoms with van der Waals surface area (Å²) < 4.78 is 44.0. The van der Waals surface area contributed by atoms with Gasteiger partial charge in [0.05, 0.1) is 13.2 Å². The van der Waals surface area contributed by atoms with Crippen molar-refractivity contribution < 1.29 is 22.7 Å². The van der Waals surface area contributed by atoms with Crippen molar-refractivity contribution in [3.8, 4) is 0 Å². The normalized spacial score (nSPS) is 22.1. The third-order valence-corrected chi connectivity index (χ3v) is 3.54. The monoisotopic (exact) mass is 306 g/mol. The Kier molecular flexibility index (Phi) is 4.29. The van der Waals surface area contributed by atoms with Gasteiger partial charge in [0.25, 0.3) is 0 Å². The second kappa shape index (κ2) is 5.82. The molecule has 0 radical (unpaired) electrons. The van der Waals surface area contributed by atoms with E-state index in [1.54, 1.807) is 7.05 Å². The summed E-state index contributed by atoms with van der Waals surface area (Å²) >= 11 is 0. The molecule has 0 aromatic carbocycles. The minimum Gasteiger partial charge on any atom is -0.453 e. The maximum atomic E-state index is 12.7. The summed E-state index contributed by atoms with van der Waals surface area (Å²) in [7, 11) is 2.82. The van der Waals surface area contributed by atoms with Crippen molar-refractivity contribution in [2.45, 2.75) is 37.5 Å². The Hall–Kier alpha value is -1.93. The Morgan fingerprint density at radius 1 is 1.48 bits per heavy atom. The molecule has 118 valence electrons. The molecule has 0 aliphatic heterocycles. The minimum absolute atomic E-state index is 0.120. The molecule has 6 nitrogen and oxygen atoms in total. The fraction of sp³-hybridized carbons (Fsp3) is 0.667. The first-order valence-corrected chi connectivity index (χ1v) is 6.54. The standard InChI is InChI=1S/C12H17F3N4O2/c1-16-10-6-9(12(13,14)15)18-19(10)8-4-3-7(5-8)17-11(20)21-2/h6-8,16H,3-5H2,1-2H3,(H,17,20). The zero-order valence-electron chi connectivity index (χ0n) is 11.7. The van der Waals surface area contributed by atoms with Gasteiger partial charge in [0.15, 0.2) is 5.69 Å². The molecule has 0 spiro atoms. The summed E-state index contributed by atoms with van der Waals surface area (Å²) in [5, 5.41) is 9.03. The molecule has 0 saturated heterocycles. The van der Waals surface area contributed by atoms with Gasteiger partial charge in [-0.1, -0.05) is 0 Å². The van der Waals surface area contributed by atoms with E-state index in [1.165, 1.54) is 11.8 Å². The van der Waals surface area contributed by atoms with E-state index in [-0.39, 0.29) is 12.1 Å². The summed E-state index contributed by atoms with van der Waals surface area (Å²) in [6.07, 6.45) is -3.18. The van der Waals surface area contributed by atoms with Crippen LogP contribution in [0.2, 0.25) is 0 Å². The van der Waals surface area contributed by atoms with Crippen LogP contribution in [-0.2, 0) is 10.9 Å². The summed E-state index contributed by atoms with van der Waals surface area (Å²) in [6, 6.07) is 0.678. The predicted molar refractivity (Wildman–Crippen MR) is 69.0 cm³/mol. The van der Waals surface area contributed by atoms with E-state index >= 15 is 0 Å². The number of hydrogen-bond acceptors (Lipinski definition) is 4. The quantitative estimate of drug-likeness (QED) is 0.900. The minimum atomic E-state index is -4.47. The smallest absolute Gasteiger partial charge is 0.435 e. The zero-order valence-corrected chi connectivity index (χ0v) is 11.7. The maximum Gasteiger partial charge on any atom is 0.435 e. The lowest BCUT2D eigenvalue weighted by molar-refractivity contribution is -0.141. The number of carbonyl (C=O) groups excluding carboxylic acids is 1. The number of nitrogens with one attached hydrogen (secondary N) is 2. The lowest BCUT2D eigenvalue weighted by atomic mass is 10.2. The van der Waals surface area contributed by atoms with Crippen molar-refractivity contribution >= 4 is 11.9 Å². The number of ether oxygens (including phenoxy) is 1. The molecule has 1 saturated carbocycles. The van der Waals surface area contributed by atoms with Gasteiger partial charge in [-0.05, 0) is 19.3 Å². The largest absolute Gasteiger partial charge is 0.453 e. The second-order valence-electron chi connectivity index (χ2n) is 4.91. The molecule has 9 heteroatoms. The summed E-state index contributed by atoms with van der Waals surface area (Å²) in [5.41, 5.74) is -0.920. The van der Waals surface area contributed by atoms with Gasteiger partial charge >= 0.3 is 12.3 Å². The molecule has 1 aliphatic rings. The lowest BCUT2D eigenvalue weighted by Crippen LogP contribution is -2.32. The Bertz CT molecular complexity index is 515. The van der Waals surface area contributed by atoms with E-state index in [4.69, 9.17) is 0 Å². The average Bonchev–Trinajstić information content (AvgIpc) is 3.03. The van der Waals surface area contributed by atoms with Crippen LogP contribution in [0.25, 0.3) is 0 Å². The molecule has 2 rings (SSSR count). The van der Waals surface area contributed by atoms with Crippen LogP contribution in [0.3, 0.4) is 0 Å². The van der Waals surface area contributed by atoms with Gasteiger partial charge in [-0.25, -0.2) is 9.48 Å². The van der Waals surface area contributed by atoms with Gasteiger partial charge in [-0.2, -0.15) is 18.3 Å². The molecule has 2 unspecified atom stereocenters. The van der Waals surface area contributed by atoms with Gasteiger partial charge < -0.3 is 15.4 Å². The van der Waals surface area contributed by atoms with E-state index < -0.39 is 18.0 Å². The number of methoxy groups -OCH3 is 1. The van der Waals surface area contributed by atoms with E-state index in [1.807, 2.05) is 0 Å². The molecule has 2 atom stereocenters. The average molecular weight is 306 g/mol. The predicted octanol–water partition coefficient (Wildman–Crippen LogP) is 2.39. The van der Waals surface area contributed by atoms with Crippen LogP contribution in [0.15, 0.2) is 6.07 Å². The van der Waals surface area contributed by atoms with E-state index in [2.05, 4.69) is 20.5 Å². The van der Waals surface area contributed by atoms with Gasteiger partial charge in [-0.3, -0.25) is 0 Å². The molecule has 0 bridgehead atoms. The fourth-order valence-electron chi connectivity index (χ4n) is 2.53. The Labute approximate surface area is 119 Å². The third kappa shape index (κ3) is 3.40. The first-order chi connectivity index (χ1) is 9.85. The van der Waals surface area contributed by atoms with Crippen LogP contribution in [0.4, 0.5) is 23.8 Å². The number of halogens is 3. The van der Waals surface area contributed by atoms with Crippen molar-refractivity contribution in [3.05, 3.63) is 11.8 Å². The summed E-state index contributed by atoms with van der Waals surface area (Å²) in [4.78, 5) is 11.2. The van der Waals surface area contributed by atoms with Crippen LogP contribution in [0.1, 0.15) is 31.0 Å². The number of aromatic nitrogens is 2. The molecular formula is C12H17F3N4O2. The van der Waals surface area contributed by atoms with Crippen LogP contribution in [-0.4, -0.2) is 36.1 Å². The maximum absolute atomic E-state index is 12.7. The molecule has 1 heterocycles. The molecular weight excluding hydrogens is 289 g/mol. The van der Waals surface area contributed by atoms with Gasteiger partial charge in [0.2, 0.25) is 0 Å². The van der Waals surface area contributed by atoms with Gasteiger partial charge in [0, 0.05) is 19.2 Å². The molecule has 1 fully saturated rings. The van der Waals surface area contributed by atoms with Crippen molar-refractivity contribution in [1.82, 2.24) is 15.1 Å². The number of anilines is 1. The number of nitrogens with zero attached hydrogens (tertiary/aromatic N) is 2. The number of carbonyl (C=O) groups is 1. The Morgan fingerprint density at radius 2 is 2.19 bits per heavy atom. The van der Waals surface area contributed by atoms with E-state index in [9.17, 15) is 18.0 Å². The fourth-order valence-corrected chi connectivity index (χ4v) is 2.53. The number of rotatable bonds is 3. The molecule has 1 aromatic heterocycles. The first-order valence-electron chi connectivity index (χ1n) is 6.54. The van der Waals surface area contributed by atoms with Crippen molar-refractivity contribution in [3.63, 3.8) is 0 Å². The Balaban J connectivity index is 2.12. The highest BCUT2D eigenvalue weighted by atomic mass is 19.4. The molecule has 1 aliphatic carbocycles. The highest BCUT2D eigenvalue weighted by Crippen LogP contribution is 2.36. The second-order valence-corrected chi connectivity index (χ2v) is 4.91. The number of amides is 1. The highest BCUT2D eigenvalue weighted by Gasteiger charge is 2.37. The number of alkyl halides is 3. The van der Waals surface area contributed by atoms with E-state index in [0.29, 0.717) is 25.1 Å². The molecule has 21 heavy (non-hydrogen) atoms. The number of alkyl carbamates (subject to hydrolysis) is 1.